The molecule has 2 aromatic rings. The standard InChI is InChI=1S/C16H18N4O4/c21-15(19-14(16(22)23)12-4-2-6-24-8-12)11-3-1-5-13(7-11)20-10-17-9-18-20/h1,3,5,7,9-10,12,14H,2,4,6,8H2,(H,19,21)(H,22,23)/t12-,14-/m1/s1. The minimum atomic E-state index is -1.05. The SMILES string of the molecule is O=C(N[C@@H](C(=O)O)[C@@H]1CCCOC1)c1cccc(-n2cncn2)c1. The van der Waals surface area contributed by atoms with E-state index >= 15 is 0 Å². The minimum Gasteiger partial charge on any atom is -0.480 e. The number of rotatable bonds is 5. The van der Waals surface area contributed by atoms with Crippen LogP contribution in [0.2, 0.25) is 0 Å². The van der Waals surface area contributed by atoms with Gasteiger partial charge in [0.2, 0.25) is 0 Å². The number of nitrogens with one attached hydrogen (secondary N) is 1. The van der Waals surface area contributed by atoms with Crippen LogP contribution in [0.15, 0.2) is 36.9 Å². The highest BCUT2D eigenvalue weighted by atomic mass is 16.5. The molecule has 3 rings (SSSR count). The van der Waals surface area contributed by atoms with Gasteiger partial charge in [-0.3, -0.25) is 4.79 Å². The van der Waals surface area contributed by atoms with Gasteiger partial charge in [-0.1, -0.05) is 6.07 Å². The van der Waals surface area contributed by atoms with E-state index in [1.165, 1.54) is 17.3 Å². The normalized spacial score (nSPS) is 18.8. The summed E-state index contributed by atoms with van der Waals surface area (Å²) in [5.41, 5.74) is 1.04. The van der Waals surface area contributed by atoms with Gasteiger partial charge in [0.25, 0.3) is 5.91 Å². The van der Waals surface area contributed by atoms with Crippen LogP contribution < -0.4 is 5.32 Å². The number of hydrogen-bond acceptors (Lipinski definition) is 5. The van der Waals surface area contributed by atoms with Crippen LogP contribution in [0.25, 0.3) is 5.69 Å². The molecule has 0 spiro atoms. The lowest BCUT2D eigenvalue weighted by atomic mass is 9.93. The third kappa shape index (κ3) is 3.60. The summed E-state index contributed by atoms with van der Waals surface area (Å²) < 4.78 is 6.86. The molecule has 24 heavy (non-hydrogen) atoms. The van der Waals surface area contributed by atoms with Gasteiger partial charge in [0.1, 0.15) is 18.7 Å². The van der Waals surface area contributed by atoms with Gasteiger partial charge in [-0.15, -0.1) is 0 Å². The molecule has 0 saturated carbocycles. The number of aromatic nitrogens is 3. The molecule has 1 fully saturated rings. The van der Waals surface area contributed by atoms with Gasteiger partial charge in [0, 0.05) is 18.1 Å². The number of carboxylic acid groups (broad SMARTS) is 1. The van der Waals surface area contributed by atoms with Crippen molar-refractivity contribution in [3.8, 4) is 5.69 Å². The van der Waals surface area contributed by atoms with Crippen LogP contribution in [0.3, 0.4) is 0 Å². The van der Waals surface area contributed by atoms with E-state index in [9.17, 15) is 14.7 Å². The van der Waals surface area contributed by atoms with Gasteiger partial charge in [-0.25, -0.2) is 14.5 Å². The smallest absolute Gasteiger partial charge is 0.326 e. The van der Waals surface area contributed by atoms with E-state index in [0.29, 0.717) is 24.5 Å². The maximum atomic E-state index is 12.5. The summed E-state index contributed by atoms with van der Waals surface area (Å²) in [7, 11) is 0. The Morgan fingerprint density at radius 2 is 2.29 bits per heavy atom. The van der Waals surface area contributed by atoms with Crippen molar-refractivity contribution in [1.29, 1.82) is 0 Å². The summed E-state index contributed by atoms with van der Waals surface area (Å²) in [6.45, 7) is 0.979. The minimum absolute atomic E-state index is 0.223. The van der Waals surface area contributed by atoms with Crippen LogP contribution in [0.4, 0.5) is 0 Å². The van der Waals surface area contributed by atoms with Gasteiger partial charge < -0.3 is 15.2 Å². The van der Waals surface area contributed by atoms with Crippen molar-refractivity contribution in [1.82, 2.24) is 20.1 Å². The van der Waals surface area contributed by atoms with Crippen molar-refractivity contribution in [3.63, 3.8) is 0 Å². The summed E-state index contributed by atoms with van der Waals surface area (Å²) in [6, 6.07) is 5.81. The van der Waals surface area contributed by atoms with Crippen molar-refractivity contribution >= 4 is 11.9 Å². The molecule has 1 amide bonds. The molecular formula is C16H18N4O4. The van der Waals surface area contributed by atoms with Gasteiger partial charge in [-0.05, 0) is 31.0 Å². The molecule has 2 atom stereocenters. The number of carboxylic acids is 1. The second-order valence-electron chi connectivity index (χ2n) is 5.66. The highest BCUT2D eigenvalue weighted by Crippen LogP contribution is 2.18. The quantitative estimate of drug-likeness (QED) is 0.843. The van der Waals surface area contributed by atoms with Crippen LogP contribution in [-0.4, -0.2) is 51.0 Å². The molecule has 0 radical (unpaired) electrons. The highest BCUT2D eigenvalue weighted by molar-refractivity contribution is 5.97. The Balaban J connectivity index is 1.75. The lowest BCUT2D eigenvalue weighted by molar-refractivity contribution is -0.142. The highest BCUT2D eigenvalue weighted by Gasteiger charge is 2.31. The number of benzene rings is 1. The fraction of sp³-hybridized carbons (Fsp3) is 0.375. The zero-order valence-corrected chi connectivity index (χ0v) is 13.0. The Morgan fingerprint density at radius 1 is 1.42 bits per heavy atom. The Kier molecular flexibility index (Phi) is 4.85. The number of hydrogen-bond donors (Lipinski definition) is 2. The van der Waals surface area contributed by atoms with E-state index in [1.807, 2.05) is 0 Å². The number of carbonyl (C=O) groups is 2. The Hall–Kier alpha value is -2.74. The van der Waals surface area contributed by atoms with Crippen molar-refractivity contribution < 1.29 is 19.4 Å². The maximum absolute atomic E-state index is 12.5. The lowest BCUT2D eigenvalue weighted by Crippen LogP contribution is -2.48. The van der Waals surface area contributed by atoms with Crippen LogP contribution in [0.1, 0.15) is 23.2 Å². The van der Waals surface area contributed by atoms with Gasteiger partial charge in [0.05, 0.1) is 12.3 Å². The largest absolute Gasteiger partial charge is 0.480 e. The zero-order chi connectivity index (χ0) is 16.9. The number of amides is 1. The maximum Gasteiger partial charge on any atom is 0.326 e. The first kappa shape index (κ1) is 16.1. The van der Waals surface area contributed by atoms with Crippen LogP contribution in [-0.2, 0) is 9.53 Å². The number of aliphatic carboxylic acids is 1. The zero-order valence-electron chi connectivity index (χ0n) is 13.0. The molecule has 0 bridgehead atoms. The average Bonchev–Trinajstić information content (AvgIpc) is 3.15. The summed E-state index contributed by atoms with van der Waals surface area (Å²) in [6.07, 6.45) is 4.44. The molecule has 1 saturated heterocycles. The monoisotopic (exact) mass is 330 g/mol. The summed E-state index contributed by atoms with van der Waals surface area (Å²) in [5.74, 6) is -1.71. The molecule has 1 aliphatic rings. The van der Waals surface area contributed by atoms with Crippen LogP contribution in [0, 0.1) is 5.92 Å². The van der Waals surface area contributed by atoms with Gasteiger partial charge >= 0.3 is 5.97 Å². The topological polar surface area (TPSA) is 106 Å². The predicted octanol–water partition coefficient (Wildman–Crippen LogP) is 0.877. The first-order valence-electron chi connectivity index (χ1n) is 7.71. The van der Waals surface area contributed by atoms with Crippen molar-refractivity contribution in [2.24, 2.45) is 5.92 Å². The molecule has 1 aromatic heterocycles. The second kappa shape index (κ2) is 7.22. The average molecular weight is 330 g/mol. The van der Waals surface area contributed by atoms with Crippen molar-refractivity contribution in [3.05, 3.63) is 42.5 Å². The van der Waals surface area contributed by atoms with E-state index in [4.69, 9.17) is 4.74 Å². The molecule has 2 N–H and O–H groups in total. The van der Waals surface area contributed by atoms with Crippen molar-refractivity contribution in [2.75, 3.05) is 13.2 Å². The molecule has 1 aliphatic heterocycles. The Labute approximate surface area is 138 Å². The summed E-state index contributed by atoms with van der Waals surface area (Å²) in [5, 5.41) is 16.1. The third-order valence-corrected chi connectivity index (χ3v) is 4.01. The molecule has 126 valence electrons. The number of carbonyl (C=O) groups excluding carboxylic acids is 1. The molecule has 1 aromatic carbocycles. The van der Waals surface area contributed by atoms with E-state index in [-0.39, 0.29) is 5.92 Å². The molecular weight excluding hydrogens is 312 g/mol. The second-order valence-corrected chi connectivity index (χ2v) is 5.66. The molecule has 0 unspecified atom stereocenters. The first-order chi connectivity index (χ1) is 11.6. The lowest BCUT2D eigenvalue weighted by Gasteiger charge is -2.28. The molecule has 8 nitrogen and oxygen atoms in total. The Bertz CT molecular complexity index is 711. The van der Waals surface area contributed by atoms with E-state index in [0.717, 1.165) is 12.8 Å². The summed E-state index contributed by atoms with van der Waals surface area (Å²) >= 11 is 0. The first-order valence-corrected chi connectivity index (χ1v) is 7.71. The summed E-state index contributed by atoms with van der Waals surface area (Å²) in [4.78, 5) is 27.9. The number of nitrogens with zero attached hydrogens (tertiary/aromatic N) is 3. The van der Waals surface area contributed by atoms with E-state index < -0.39 is 17.9 Å². The van der Waals surface area contributed by atoms with Crippen LogP contribution in [0.5, 0.6) is 0 Å². The number of ether oxygens (including phenoxy) is 1. The Morgan fingerprint density at radius 3 is 2.96 bits per heavy atom. The van der Waals surface area contributed by atoms with Gasteiger partial charge in [0.15, 0.2) is 0 Å². The van der Waals surface area contributed by atoms with E-state index in [1.54, 1.807) is 24.3 Å². The fourth-order valence-electron chi connectivity index (χ4n) is 2.77. The molecule has 2 heterocycles. The fourth-order valence-corrected chi connectivity index (χ4v) is 2.77. The molecule has 8 heteroatoms. The predicted molar refractivity (Wildman–Crippen MR) is 83.8 cm³/mol. The van der Waals surface area contributed by atoms with E-state index in [2.05, 4.69) is 15.4 Å². The third-order valence-electron chi connectivity index (χ3n) is 4.01. The molecule has 0 aliphatic carbocycles. The van der Waals surface area contributed by atoms with Gasteiger partial charge in [-0.2, -0.15) is 5.10 Å². The van der Waals surface area contributed by atoms with Crippen LogP contribution >= 0.6 is 0 Å². The van der Waals surface area contributed by atoms with Crippen molar-refractivity contribution in [2.45, 2.75) is 18.9 Å².